The zero-order chi connectivity index (χ0) is 14.8. The molecule has 0 bridgehead atoms. The lowest BCUT2D eigenvalue weighted by atomic mass is 10.2. The van der Waals surface area contributed by atoms with E-state index in [-0.39, 0.29) is 24.5 Å². The zero-order valence-corrected chi connectivity index (χ0v) is 12.5. The second kappa shape index (κ2) is 6.84. The summed E-state index contributed by atoms with van der Waals surface area (Å²) < 4.78 is 41.2. The third-order valence-electron chi connectivity index (χ3n) is 2.84. The monoisotopic (exact) mass is 323 g/mol. The number of halogens is 4. The normalized spacial score (nSPS) is 11.3. The van der Waals surface area contributed by atoms with E-state index >= 15 is 0 Å². The SMILES string of the molecule is CCCn1ccc(NCc2cnn(C)c2C(F)(F)F)n1.Cl. The second-order valence-corrected chi connectivity index (χ2v) is 4.46. The first-order valence-electron chi connectivity index (χ1n) is 6.27. The first-order valence-corrected chi connectivity index (χ1v) is 6.27. The van der Waals surface area contributed by atoms with Crippen molar-refractivity contribution in [3.05, 3.63) is 29.7 Å². The van der Waals surface area contributed by atoms with Crippen LogP contribution >= 0.6 is 12.4 Å². The molecule has 0 aromatic carbocycles. The Hall–Kier alpha value is -1.70. The molecule has 0 fully saturated rings. The summed E-state index contributed by atoms with van der Waals surface area (Å²) in [5, 5.41) is 10.8. The summed E-state index contributed by atoms with van der Waals surface area (Å²) in [6.07, 6.45) is -0.454. The van der Waals surface area contributed by atoms with Gasteiger partial charge in [0.15, 0.2) is 0 Å². The standard InChI is InChI=1S/C12H16F3N5.ClH/c1-3-5-20-6-4-10(18-20)16-7-9-8-17-19(2)11(9)12(13,14)15;/h4,6,8H,3,5,7H2,1-2H3,(H,16,18);1H. The van der Waals surface area contributed by atoms with Gasteiger partial charge in [-0.25, -0.2) is 0 Å². The van der Waals surface area contributed by atoms with Crippen LogP contribution in [-0.2, 0) is 26.3 Å². The van der Waals surface area contributed by atoms with Gasteiger partial charge in [0.05, 0.1) is 6.20 Å². The van der Waals surface area contributed by atoms with E-state index in [0.29, 0.717) is 5.82 Å². The Balaban J connectivity index is 0.00000220. The highest BCUT2D eigenvalue weighted by atomic mass is 35.5. The zero-order valence-electron chi connectivity index (χ0n) is 11.7. The molecule has 1 N–H and O–H groups in total. The minimum Gasteiger partial charge on any atom is -0.364 e. The van der Waals surface area contributed by atoms with Gasteiger partial charge in [-0.05, 0) is 6.42 Å². The fraction of sp³-hybridized carbons (Fsp3) is 0.500. The molecule has 118 valence electrons. The van der Waals surface area contributed by atoms with Gasteiger partial charge < -0.3 is 5.32 Å². The van der Waals surface area contributed by atoms with E-state index in [4.69, 9.17) is 0 Å². The maximum Gasteiger partial charge on any atom is 0.433 e. The lowest BCUT2D eigenvalue weighted by molar-refractivity contribution is -0.144. The number of hydrogen-bond donors (Lipinski definition) is 1. The number of aryl methyl sites for hydroxylation is 2. The quantitative estimate of drug-likeness (QED) is 0.920. The highest BCUT2D eigenvalue weighted by Crippen LogP contribution is 2.31. The van der Waals surface area contributed by atoms with Gasteiger partial charge in [0.25, 0.3) is 0 Å². The number of nitrogens with one attached hydrogen (secondary N) is 1. The molecule has 0 saturated carbocycles. The van der Waals surface area contributed by atoms with Gasteiger partial charge in [0, 0.05) is 38.0 Å². The fourth-order valence-electron chi connectivity index (χ4n) is 1.97. The largest absolute Gasteiger partial charge is 0.433 e. The molecular weight excluding hydrogens is 307 g/mol. The van der Waals surface area contributed by atoms with E-state index in [1.807, 2.05) is 6.92 Å². The first kappa shape index (κ1) is 17.4. The van der Waals surface area contributed by atoms with Gasteiger partial charge in [0.2, 0.25) is 0 Å². The Bertz CT molecular complexity index is 576. The number of anilines is 1. The third-order valence-corrected chi connectivity index (χ3v) is 2.84. The van der Waals surface area contributed by atoms with Gasteiger partial charge in [0.1, 0.15) is 11.5 Å². The molecule has 2 aromatic heterocycles. The van der Waals surface area contributed by atoms with Gasteiger partial charge >= 0.3 is 6.18 Å². The van der Waals surface area contributed by atoms with E-state index in [1.165, 1.54) is 13.2 Å². The van der Waals surface area contributed by atoms with Crippen molar-refractivity contribution in [2.45, 2.75) is 32.6 Å². The molecule has 2 heterocycles. The van der Waals surface area contributed by atoms with Crippen LogP contribution in [-0.4, -0.2) is 19.6 Å². The molecule has 0 atom stereocenters. The topological polar surface area (TPSA) is 47.7 Å². The van der Waals surface area contributed by atoms with E-state index in [1.54, 1.807) is 16.9 Å². The third kappa shape index (κ3) is 4.13. The summed E-state index contributed by atoms with van der Waals surface area (Å²) in [5.74, 6) is 0.551. The molecule has 0 aliphatic carbocycles. The molecule has 0 spiro atoms. The molecule has 2 aromatic rings. The maximum atomic E-state index is 12.9. The Morgan fingerprint density at radius 1 is 1.33 bits per heavy atom. The molecule has 21 heavy (non-hydrogen) atoms. The fourth-order valence-corrected chi connectivity index (χ4v) is 1.97. The first-order chi connectivity index (χ1) is 9.41. The molecule has 9 heteroatoms. The summed E-state index contributed by atoms with van der Waals surface area (Å²) in [6, 6.07) is 1.74. The number of rotatable bonds is 5. The molecule has 0 aliphatic heterocycles. The van der Waals surface area contributed by atoms with Crippen LogP contribution in [0.25, 0.3) is 0 Å². The molecule has 5 nitrogen and oxygen atoms in total. The average molecular weight is 324 g/mol. The van der Waals surface area contributed by atoms with Crippen LogP contribution in [0.3, 0.4) is 0 Å². The van der Waals surface area contributed by atoms with E-state index in [2.05, 4.69) is 15.5 Å². The minimum atomic E-state index is -4.41. The predicted molar refractivity (Wildman–Crippen MR) is 75.3 cm³/mol. The van der Waals surface area contributed by atoms with Gasteiger partial charge in [-0.3, -0.25) is 9.36 Å². The molecule has 0 unspecified atom stereocenters. The molecule has 0 amide bonds. The van der Waals surface area contributed by atoms with Gasteiger partial charge in [-0.15, -0.1) is 12.4 Å². The van der Waals surface area contributed by atoms with E-state index in [0.717, 1.165) is 17.6 Å². The highest BCUT2D eigenvalue weighted by molar-refractivity contribution is 5.85. The Morgan fingerprint density at radius 3 is 2.67 bits per heavy atom. The lowest BCUT2D eigenvalue weighted by Crippen LogP contribution is -2.15. The molecule has 0 radical (unpaired) electrons. The highest BCUT2D eigenvalue weighted by Gasteiger charge is 2.37. The van der Waals surface area contributed by atoms with Crippen LogP contribution in [0.5, 0.6) is 0 Å². The minimum absolute atomic E-state index is 0. The number of aromatic nitrogens is 4. The second-order valence-electron chi connectivity index (χ2n) is 4.46. The van der Waals surface area contributed by atoms with Crippen LogP contribution in [0.4, 0.5) is 19.0 Å². The van der Waals surface area contributed by atoms with Crippen LogP contribution in [0.1, 0.15) is 24.6 Å². The van der Waals surface area contributed by atoms with Gasteiger partial charge in [-0.2, -0.15) is 23.4 Å². The summed E-state index contributed by atoms with van der Waals surface area (Å²) in [4.78, 5) is 0. The van der Waals surface area contributed by atoms with Crippen molar-refractivity contribution in [3.63, 3.8) is 0 Å². The van der Waals surface area contributed by atoms with Crippen LogP contribution in [0, 0.1) is 0 Å². The molecular formula is C12H17ClF3N5. The Morgan fingerprint density at radius 2 is 2.05 bits per heavy atom. The summed E-state index contributed by atoms with van der Waals surface area (Å²) in [5.41, 5.74) is -0.636. The van der Waals surface area contributed by atoms with Crippen molar-refractivity contribution >= 4 is 18.2 Å². The molecule has 0 aliphatic rings. The van der Waals surface area contributed by atoms with Crippen molar-refractivity contribution in [3.8, 4) is 0 Å². The maximum absolute atomic E-state index is 12.9. The van der Waals surface area contributed by atoms with Crippen molar-refractivity contribution in [2.75, 3.05) is 5.32 Å². The van der Waals surface area contributed by atoms with Crippen LogP contribution in [0.15, 0.2) is 18.5 Å². The molecule has 0 saturated heterocycles. The summed E-state index contributed by atoms with van der Waals surface area (Å²) >= 11 is 0. The number of hydrogen-bond acceptors (Lipinski definition) is 3. The predicted octanol–water partition coefficient (Wildman–Crippen LogP) is 3.08. The van der Waals surface area contributed by atoms with Crippen molar-refractivity contribution in [2.24, 2.45) is 7.05 Å². The number of nitrogens with zero attached hydrogens (tertiary/aromatic N) is 4. The van der Waals surface area contributed by atoms with Gasteiger partial charge in [-0.1, -0.05) is 6.92 Å². The van der Waals surface area contributed by atoms with E-state index in [9.17, 15) is 13.2 Å². The Kier molecular flexibility index (Phi) is 5.65. The van der Waals surface area contributed by atoms with Crippen molar-refractivity contribution in [1.29, 1.82) is 0 Å². The average Bonchev–Trinajstić information content (AvgIpc) is 2.93. The summed E-state index contributed by atoms with van der Waals surface area (Å²) in [7, 11) is 1.28. The van der Waals surface area contributed by atoms with E-state index < -0.39 is 11.9 Å². The number of alkyl halides is 3. The van der Waals surface area contributed by atoms with Crippen molar-refractivity contribution in [1.82, 2.24) is 19.6 Å². The lowest BCUT2D eigenvalue weighted by Gasteiger charge is -2.10. The van der Waals surface area contributed by atoms with Crippen LogP contribution < -0.4 is 5.32 Å². The summed E-state index contributed by atoms with van der Waals surface area (Å²) in [6.45, 7) is 2.84. The smallest absolute Gasteiger partial charge is 0.364 e. The molecule has 2 rings (SSSR count). The van der Waals surface area contributed by atoms with Crippen molar-refractivity contribution < 1.29 is 13.2 Å². The Labute approximate surface area is 126 Å². The van der Waals surface area contributed by atoms with Crippen LogP contribution in [0.2, 0.25) is 0 Å².